The molecule has 0 fully saturated rings. The highest BCUT2D eigenvalue weighted by Crippen LogP contribution is 2.22. The van der Waals surface area contributed by atoms with Gasteiger partial charge in [0.1, 0.15) is 6.61 Å². The van der Waals surface area contributed by atoms with Crippen LogP contribution in [0.15, 0.2) is 18.2 Å². The van der Waals surface area contributed by atoms with Crippen molar-refractivity contribution in [1.82, 2.24) is 4.90 Å². The lowest BCUT2D eigenvalue weighted by atomic mass is 10.0. The molecule has 0 radical (unpaired) electrons. The average molecular weight is 225 g/mol. The maximum atomic E-state index is 13.6. The highest BCUT2D eigenvalue weighted by molar-refractivity contribution is 5.30. The largest absolute Gasteiger partial charge is 0.489 e. The van der Waals surface area contributed by atoms with E-state index in [4.69, 9.17) is 4.74 Å². The monoisotopic (exact) mass is 225 g/mol. The molecule has 0 aliphatic rings. The normalized spacial score (nSPS) is 11.2. The van der Waals surface area contributed by atoms with E-state index in [0.717, 1.165) is 12.1 Å². The Bertz CT molecular complexity index is 337. The third-order valence-corrected chi connectivity index (χ3v) is 2.42. The molecular formula is C13H20FNO. The average Bonchev–Trinajstić information content (AvgIpc) is 2.19. The van der Waals surface area contributed by atoms with Gasteiger partial charge in [0.05, 0.1) is 0 Å². The van der Waals surface area contributed by atoms with E-state index in [-0.39, 0.29) is 5.82 Å². The van der Waals surface area contributed by atoms with Gasteiger partial charge in [-0.2, -0.15) is 0 Å². The molecule has 0 aliphatic carbocycles. The summed E-state index contributed by atoms with van der Waals surface area (Å²) in [5.41, 5.74) is 0.998. The van der Waals surface area contributed by atoms with Gasteiger partial charge in [-0.25, -0.2) is 4.39 Å². The van der Waals surface area contributed by atoms with Crippen molar-refractivity contribution in [3.8, 4) is 5.75 Å². The number of hydrogen-bond donors (Lipinski definition) is 0. The molecule has 16 heavy (non-hydrogen) atoms. The second-order valence-corrected chi connectivity index (χ2v) is 4.50. The fraction of sp³-hybridized carbons (Fsp3) is 0.538. The second-order valence-electron chi connectivity index (χ2n) is 4.50. The minimum Gasteiger partial charge on any atom is -0.489 e. The van der Waals surface area contributed by atoms with Crippen LogP contribution in [-0.4, -0.2) is 32.1 Å². The second kappa shape index (κ2) is 5.85. The predicted molar refractivity (Wildman–Crippen MR) is 64.5 cm³/mol. The third kappa shape index (κ3) is 3.81. The van der Waals surface area contributed by atoms with Crippen LogP contribution in [0.4, 0.5) is 4.39 Å². The van der Waals surface area contributed by atoms with Crippen LogP contribution in [0.5, 0.6) is 5.75 Å². The van der Waals surface area contributed by atoms with Gasteiger partial charge in [0.2, 0.25) is 0 Å². The van der Waals surface area contributed by atoms with Gasteiger partial charge in [-0.1, -0.05) is 19.9 Å². The Hall–Kier alpha value is -1.09. The molecule has 0 unspecified atom stereocenters. The van der Waals surface area contributed by atoms with Crippen LogP contribution in [0, 0.1) is 5.82 Å². The summed E-state index contributed by atoms with van der Waals surface area (Å²) in [6.45, 7) is 5.37. The molecule has 0 spiro atoms. The number of hydrogen-bond acceptors (Lipinski definition) is 2. The Morgan fingerprint density at radius 2 is 2.00 bits per heavy atom. The summed E-state index contributed by atoms with van der Waals surface area (Å²) < 4.78 is 19.0. The molecule has 0 N–H and O–H groups in total. The number of benzene rings is 1. The fourth-order valence-corrected chi connectivity index (χ4v) is 1.33. The molecule has 0 saturated carbocycles. The summed E-state index contributed by atoms with van der Waals surface area (Å²) in [5, 5.41) is 0. The van der Waals surface area contributed by atoms with Crippen molar-refractivity contribution in [3.63, 3.8) is 0 Å². The zero-order valence-electron chi connectivity index (χ0n) is 10.5. The van der Waals surface area contributed by atoms with Gasteiger partial charge in [-0.05, 0) is 37.7 Å². The van der Waals surface area contributed by atoms with E-state index in [2.05, 4.69) is 0 Å². The zero-order valence-corrected chi connectivity index (χ0v) is 10.5. The number of likely N-dealkylation sites (N-methyl/N-ethyl adjacent to an activating group) is 1. The summed E-state index contributed by atoms with van der Waals surface area (Å²) in [6, 6.07) is 5.18. The predicted octanol–water partition coefficient (Wildman–Crippen LogP) is 2.89. The number of rotatable bonds is 5. The molecule has 3 heteroatoms. The lowest BCUT2D eigenvalue weighted by Gasteiger charge is -2.12. The summed E-state index contributed by atoms with van der Waals surface area (Å²) >= 11 is 0. The Morgan fingerprint density at radius 1 is 1.31 bits per heavy atom. The molecule has 0 bridgehead atoms. The van der Waals surface area contributed by atoms with Crippen molar-refractivity contribution in [2.24, 2.45) is 0 Å². The Morgan fingerprint density at radius 3 is 2.50 bits per heavy atom. The zero-order chi connectivity index (χ0) is 12.1. The lowest BCUT2D eigenvalue weighted by Crippen LogP contribution is -2.19. The van der Waals surface area contributed by atoms with Crippen LogP contribution in [-0.2, 0) is 0 Å². The minimum atomic E-state index is -0.273. The summed E-state index contributed by atoms with van der Waals surface area (Å²) in [7, 11) is 3.92. The van der Waals surface area contributed by atoms with Crippen molar-refractivity contribution in [2.45, 2.75) is 19.8 Å². The number of ether oxygens (including phenoxy) is 1. The van der Waals surface area contributed by atoms with Crippen molar-refractivity contribution in [3.05, 3.63) is 29.6 Å². The van der Waals surface area contributed by atoms with Gasteiger partial charge in [-0.15, -0.1) is 0 Å². The molecule has 1 aromatic carbocycles. The van der Waals surface area contributed by atoms with Crippen LogP contribution in [0.1, 0.15) is 25.3 Å². The SMILES string of the molecule is CC(C)c1ccc(OCCN(C)C)c(F)c1. The van der Waals surface area contributed by atoms with Crippen molar-refractivity contribution < 1.29 is 9.13 Å². The van der Waals surface area contributed by atoms with Gasteiger partial charge in [0, 0.05) is 6.54 Å². The molecule has 1 aromatic rings. The van der Waals surface area contributed by atoms with Crippen molar-refractivity contribution in [2.75, 3.05) is 27.2 Å². The smallest absolute Gasteiger partial charge is 0.165 e. The highest BCUT2D eigenvalue weighted by Gasteiger charge is 2.06. The van der Waals surface area contributed by atoms with Crippen LogP contribution in [0.2, 0.25) is 0 Å². The van der Waals surface area contributed by atoms with Crippen molar-refractivity contribution >= 4 is 0 Å². The molecule has 0 atom stereocenters. The Balaban J connectivity index is 2.61. The van der Waals surface area contributed by atoms with E-state index in [1.807, 2.05) is 38.9 Å². The van der Waals surface area contributed by atoms with E-state index < -0.39 is 0 Å². The fourth-order valence-electron chi connectivity index (χ4n) is 1.33. The first-order chi connectivity index (χ1) is 7.50. The highest BCUT2D eigenvalue weighted by atomic mass is 19.1. The third-order valence-electron chi connectivity index (χ3n) is 2.42. The maximum Gasteiger partial charge on any atom is 0.165 e. The van der Waals surface area contributed by atoms with Gasteiger partial charge in [0.25, 0.3) is 0 Å². The molecule has 0 saturated heterocycles. The van der Waals surface area contributed by atoms with Gasteiger partial charge < -0.3 is 9.64 Å². The number of halogens is 1. The number of nitrogens with zero attached hydrogens (tertiary/aromatic N) is 1. The van der Waals surface area contributed by atoms with Crippen LogP contribution < -0.4 is 4.74 Å². The topological polar surface area (TPSA) is 12.5 Å². The first-order valence-corrected chi connectivity index (χ1v) is 5.57. The molecule has 0 amide bonds. The Kier molecular flexibility index (Phi) is 4.74. The van der Waals surface area contributed by atoms with Crippen LogP contribution >= 0.6 is 0 Å². The summed E-state index contributed by atoms with van der Waals surface area (Å²) in [4.78, 5) is 2.00. The minimum absolute atomic E-state index is 0.273. The van der Waals surface area contributed by atoms with E-state index >= 15 is 0 Å². The first kappa shape index (κ1) is 13.0. The van der Waals surface area contributed by atoms with E-state index in [9.17, 15) is 4.39 Å². The van der Waals surface area contributed by atoms with E-state index in [1.165, 1.54) is 0 Å². The van der Waals surface area contributed by atoms with Crippen LogP contribution in [0.3, 0.4) is 0 Å². The van der Waals surface area contributed by atoms with Gasteiger partial charge >= 0.3 is 0 Å². The molecule has 0 heterocycles. The quantitative estimate of drug-likeness (QED) is 0.764. The molecule has 0 aliphatic heterocycles. The molecule has 1 rings (SSSR count). The van der Waals surface area contributed by atoms with Gasteiger partial charge in [-0.3, -0.25) is 0 Å². The lowest BCUT2D eigenvalue weighted by molar-refractivity contribution is 0.252. The first-order valence-electron chi connectivity index (χ1n) is 5.57. The van der Waals surface area contributed by atoms with E-state index in [1.54, 1.807) is 12.1 Å². The molecule has 2 nitrogen and oxygen atoms in total. The Labute approximate surface area is 97.0 Å². The standard InChI is InChI=1S/C13H20FNO/c1-10(2)11-5-6-13(12(14)9-11)16-8-7-15(3)4/h5-6,9-10H,7-8H2,1-4H3. The summed E-state index contributed by atoms with van der Waals surface area (Å²) in [6.07, 6.45) is 0. The molecule has 0 aromatic heterocycles. The molecular weight excluding hydrogens is 205 g/mol. The molecule has 90 valence electrons. The van der Waals surface area contributed by atoms with Crippen molar-refractivity contribution in [1.29, 1.82) is 0 Å². The van der Waals surface area contributed by atoms with E-state index in [0.29, 0.717) is 18.3 Å². The van der Waals surface area contributed by atoms with Gasteiger partial charge in [0.15, 0.2) is 11.6 Å². The maximum absolute atomic E-state index is 13.6. The summed E-state index contributed by atoms with van der Waals surface area (Å²) in [5.74, 6) is 0.404. The van der Waals surface area contributed by atoms with Crippen LogP contribution in [0.25, 0.3) is 0 Å².